The van der Waals surface area contributed by atoms with E-state index in [1.807, 2.05) is 54.7 Å². The molecule has 0 saturated carbocycles. The predicted molar refractivity (Wildman–Crippen MR) is 84.1 cm³/mol. The topological polar surface area (TPSA) is 59.4 Å². The maximum Gasteiger partial charge on any atom is 0.134 e. The highest BCUT2D eigenvalue weighted by Crippen LogP contribution is 2.24. The minimum atomic E-state index is 0.746. The van der Waals surface area contributed by atoms with Crippen LogP contribution in [0, 0.1) is 0 Å². The van der Waals surface area contributed by atoms with Gasteiger partial charge in [0.1, 0.15) is 11.4 Å². The van der Waals surface area contributed by atoms with E-state index in [1.165, 1.54) is 0 Å². The zero-order valence-corrected chi connectivity index (χ0v) is 12.4. The smallest absolute Gasteiger partial charge is 0.134 e. The van der Waals surface area contributed by atoms with Crippen LogP contribution in [0.4, 0.5) is 0 Å². The Morgan fingerprint density at radius 3 is 2.67 bits per heavy atom. The fraction of sp³-hybridized carbons (Fsp3) is 0. The molecule has 0 bridgehead atoms. The molecular weight excluding hydrogens is 330 g/mol. The van der Waals surface area contributed by atoms with Crippen LogP contribution in [0.25, 0.3) is 28.0 Å². The van der Waals surface area contributed by atoms with Crippen molar-refractivity contribution in [3.8, 4) is 17.1 Å². The molecular formula is C15H10BrN5. The number of hydrogen-bond donors (Lipinski definition) is 1. The SMILES string of the molecule is Brc1ccc(-n2cc(-c3n[nH]c4ccccc34)nn2)cc1. The number of H-pyrrole nitrogens is 1. The molecule has 0 spiro atoms. The van der Waals surface area contributed by atoms with Crippen LogP contribution in [0.15, 0.2) is 59.2 Å². The highest BCUT2D eigenvalue weighted by Gasteiger charge is 2.11. The number of hydrogen-bond acceptors (Lipinski definition) is 3. The number of nitrogens with zero attached hydrogens (tertiary/aromatic N) is 4. The van der Waals surface area contributed by atoms with Gasteiger partial charge in [0.05, 0.1) is 17.4 Å². The lowest BCUT2D eigenvalue weighted by Crippen LogP contribution is -1.93. The van der Waals surface area contributed by atoms with Crippen molar-refractivity contribution < 1.29 is 0 Å². The van der Waals surface area contributed by atoms with E-state index in [0.29, 0.717) is 0 Å². The molecule has 102 valence electrons. The molecule has 5 nitrogen and oxygen atoms in total. The maximum atomic E-state index is 4.34. The number of aromatic nitrogens is 5. The first-order chi connectivity index (χ1) is 10.3. The van der Waals surface area contributed by atoms with Crippen LogP contribution in [0.3, 0.4) is 0 Å². The molecule has 0 aliphatic carbocycles. The van der Waals surface area contributed by atoms with Gasteiger partial charge in [0, 0.05) is 9.86 Å². The molecule has 6 heteroatoms. The van der Waals surface area contributed by atoms with Gasteiger partial charge in [-0.1, -0.05) is 39.3 Å². The van der Waals surface area contributed by atoms with Gasteiger partial charge in [-0.2, -0.15) is 5.10 Å². The Labute approximate surface area is 128 Å². The van der Waals surface area contributed by atoms with Gasteiger partial charge < -0.3 is 0 Å². The van der Waals surface area contributed by atoms with Crippen molar-refractivity contribution in [2.45, 2.75) is 0 Å². The van der Waals surface area contributed by atoms with Crippen LogP contribution in [-0.4, -0.2) is 25.2 Å². The normalized spacial score (nSPS) is 11.1. The van der Waals surface area contributed by atoms with Crippen LogP contribution in [0.1, 0.15) is 0 Å². The molecule has 21 heavy (non-hydrogen) atoms. The third kappa shape index (κ3) is 2.13. The summed E-state index contributed by atoms with van der Waals surface area (Å²) in [4.78, 5) is 0. The maximum absolute atomic E-state index is 4.34. The van der Waals surface area contributed by atoms with Gasteiger partial charge >= 0.3 is 0 Å². The number of fused-ring (bicyclic) bond motifs is 1. The Bertz CT molecular complexity index is 907. The molecule has 0 atom stereocenters. The summed E-state index contributed by atoms with van der Waals surface area (Å²) in [5.41, 5.74) is 3.51. The highest BCUT2D eigenvalue weighted by molar-refractivity contribution is 9.10. The molecule has 0 unspecified atom stereocenters. The first-order valence-corrected chi connectivity index (χ1v) is 7.22. The summed E-state index contributed by atoms with van der Waals surface area (Å²) in [6, 6.07) is 15.9. The summed E-state index contributed by atoms with van der Waals surface area (Å²) in [5, 5.41) is 16.8. The van der Waals surface area contributed by atoms with Crippen molar-refractivity contribution in [1.29, 1.82) is 0 Å². The van der Waals surface area contributed by atoms with E-state index in [0.717, 1.165) is 32.5 Å². The minimum absolute atomic E-state index is 0.746. The van der Waals surface area contributed by atoms with Crippen LogP contribution in [0.2, 0.25) is 0 Å². The van der Waals surface area contributed by atoms with Crippen molar-refractivity contribution in [3.63, 3.8) is 0 Å². The van der Waals surface area contributed by atoms with E-state index in [9.17, 15) is 0 Å². The summed E-state index contributed by atoms with van der Waals surface area (Å²) >= 11 is 3.42. The first-order valence-electron chi connectivity index (χ1n) is 6.43. The van der Waals surface area contributed by atoms with Gasteiger partial charge in [0.25, 0.3) is 0 Å². The fourth-order valence-corrected chi connectivity index (χ4v) is 2.52. The summed E-state index contributed by atoms with van der Waals surface area (Å²) < 4.78 is 2.77. The average Bonchev–Trinajstić information content (AvgIpc) is 3.14. The second-order valence-corrected chi connectivity index (χ2v) is 5.56. The van der Waals surface area contributed by atoms with E-state index in [4.69, 9.17) is 0 Å². The third-order valence-electron chi connectivity index (χ3n) is 3.30. The summed E-state index contributed by atoms with van der Waals surface area (Å²) in [7, 11) is 0. The van der Waals surface area contributed by atoms with E-state index in [2.05, 4.69) is 36.4 Å². The minimum Gasteiger partial charge on any atom is -0.277 e. The summed E-state index contributed by atoms with van der Waals surface area (Å²) in [6.07, 6.45) is 1.88. The molecule has 4 aromatic rings. The zero-order chi connectivity index (χ0) is 14.2. The number of para-hydroxylation sites is 1. The van der Waals surface area contributed by atoms with Crippen LogP contribution in [0.5, 0.6) is 0 Å². The van der Waals surface area contributed by atoms with Crippen LogP contribution >= 0.6 is 15.9 Å². The second-order valence-electron chi connectivity index (χ2n) is 4.64. The van der Waals surface area contributed by atoms with Gasteiger partial charge in [-0.05, 0) is 30.3 Å². The Morgan fingerprint density at radius 1 is 1.00 bits per heavy atom. The molecule has 0 radical (unpaired) electrons. The van der Waals surface area contributed by atoms with Gasteiger partial charge in [-0.3, -0.25) is 5.10 Å². The molecule has 2 heterocycles. The van der Waals surface area contributed by atoms with Crippen LogP contribution < -0.4 is 0 Å². The number of rotatable bonds is 2. The molecule has 0 aliphatic heterocycles. The molecule has 2 aromatic heterocycles. The molecule has 0 aliphatic rings. The number of nitrogens with one attached hydrogen (secondary N) is 1. The van der Waals surface area contributed by atoms with Crippen molar-refractivity contribution in [2.75, 3.05) is 0 Å². The van der Waals surface area contributed by atoms with E-state index < -0.39 is 0 Å². The van der Waals surface area contributed by atoms with E-state index in [1.54, 1.807) is 4.68 Å². The lowest BCUT2D eigenvalue weighted by molar-refractivity contribution is 0.803. The number of aromatic amines is 1. The lowest BCUT2D eigenvalue weighted by Gasteiger charge is -1.98. The Hall–Kier alpha value is -2.47. The van der Waals surface area contributed by atoms with Gasteiger partial charge in [-0.15, -0.1) is 5.10 Å². The Morgan fingerprint density at radius 2 is 1.81 bits per heavy atom. The van der Waals surface area contributed by atoms with Crippen molar-refractivity contribution in [2.24, 2.45) is 0 Å². The van der Waals surface area contributed by atoms with Crippen molar-refractivity contribution in [3.05, 3.63) is 59.2 Å². The Balaban J connectivity index is 1.79. The van der Waals surface area contributed by atoms with Crippen molar-refractivity contribution >= 4 is 26.8 Å². The zero-order valence-electron chi connectivity index (χ0n) is 10.9. The lowest BCUT2D eigenvalue weighted by atomic mass is 10.2. The molecule has 1 N–H and O–H groups in total. The molecule has 2 aromatic carbocycles. The molecule has 0 amide bonds. The molecule has 4 rings (SSSR count). The number of benzene rings is 2. The predicted octanol–water partition coefficient (Wildman–Crippen LogP) is 3.57. The van der Waals surface area contributed by atoms with Gasteiger partial charge in [-0.25, -0.2) is 4.68 Å². The highest BCUT2D eigenvalue weighted by atomic mass is 79.9. The first kappa shape index (κ1) is 12.3. The molecule has 0 saturated heterocycles. The summed E-state index contributed by atoms with van der Waals surface area (Å²) in [6.45, 7) is 0. The van der Waals surface area contributed by atoms with Crippen LogP contribution in [-0.2, 0) is 0 Å². The largest absolute Gasteiger partial charge is 0.277 e. The quantitative estimate of drug-likeness (QED) is 0.607. The monoisotopic (exact) mass is 339 g/mol. The van der Waals surface area contributed by atoms with E-state index >= 15 is 0 Å². The second kappa shape index (κ2) is 4.82. The standard InChI is InChI=1S/C15H10BrN5/c16-10-5-7-11(8-6-10)21-9-14(18-20-21)15-12-3-1-2-4-13(12)17-19-15/h1-9H,(H,17,19). The van der Waals surface area contributed by atoms with Gasteiger partial charge in [0.2, 0.25) is 0 Å². The Kier molecular flexibility index (Phi) is 2.82. The fourth-order valence-electron chi connectivity index (χ4n) is 2.25. The third-order valence-corrected chi connectivity index (χ3v) is 3.83. The molecule has 0 fully saturated rings. The summed E-state index contributed by atoms with van der Waals surface area (Å²) in [5.74, 6) is 0. The average molecular weight is 340 g/mol. The number of halogens is 1. The van der Waals surface area contributed by atoms with Gasteiger partial charge in [0.15, 0.2) is 0 Å². The van der Waals surface area contributed by atoms with Crippen molar-refractivity contribution in [1.82, 2.24) is 25.2 Å². The van der Waals surface area contributed by atoms with E-state index in [-0.39, 0.29) is 0 Å².